The van der Waals surface area contributed by atoms with Crippen LogP contribution < -0.4 is 15.8 Å². The molecule has 0 bridgehead atoms. The summed E-state index contributed by atoms with van der Waals surface area (Å²) in [4.78, 5) is 24.2. The summed E-state index contributed by atoms with van der Waals surface area (Å²) < 4.78 is 56.3. The van der Waals surface area contributed by atoms with E-state index >= 15 is 0 Å². The summed E-state index contributed by atoms with van der Waals surface area (Å²) in [5, 5.41) is 2.57. The number of hydrogen-bond donors (Lipinski definition) is 2. The number of aromatic nitrogens is 2. The van der Waals surface area contributed by atoms with Gasteiger partial charge in [-0.25, -0.2) is 14.4 Å². The Hall–Kier alpha value is -3.24. The van der Waals surface area contributed by atoms with E-state index in [-0.39, 0.29) is 19.0 Å². The highest BCUT2D eigenvalue weighted by molar-refractivity contribution is 6.00. The number of carbonyl (C=O) groups is 1. The second-order valence-corrected chi connectivity index (χ2v) is 7.12. The highest BCUT2D eigenvalue weighted by atomic mass is 19.4. The molecule has 0 aliphatic carbocycles. The van der Waals surface area contributed by atoms with Crippen molar-refractivity contribution in [3.05, 3.63) is 52.7 Å². The third kappa shape index (κ3) is 7.19. The number of carbonyl (C=O) groups excluding carboxylic acids is 1. The smallest absolute Gasteiger partial charge is 0.417 e. The van der Waals surface area contributed by atoms with Crippen LogP contribution in [-0.4, -0.2) is 41.4 Å². The summed E-state index contributed by atoms with van der Waals surface area (Å²) in [6, 6.07) is 3.36. The van der Waals surface area contributed by atoms with Gasteiger partial charge in [0.25, 0.3) is 5.91 Å². The molecule has 11 heteroatoms. The van der Waals surface area contributed by atoms with Crippen LogP contribution in [0.4, 0.5) is 17.6 Å². The zero-order chi connectivity index (χ0) is 23.2. The molecule has 7 nitrogen and oxygen atoms in total. The van der Waals surface area contributed by atoms with Crippen molar-refractivity contribution in [1.29, 1.82) is 0 Å². The average molecular weight is 441 g/mol. The first-order valence-corrected chi connectivity index (χ1v) is 9.40. The molecule has 31 heavy (non-hydrogen) atoms. The average Bonchev–Trinajstić information content (AvgIpc) is 2.68. The van der Waals surface area contributed by atoms with Gasteiger partial charge in [-0.05, 0) is 31.0 Å². The van der Waals surface area contributed by atoms with Crippen LogP contribution >= 0.6 is 0 Å². The Morgan fingerprint density at radius 3 is 2.61 bits per heavy atom. The summed E-state index contributed by atoms with van der Waals surface area (Å²) in [6.45, 7) is 5.98. The number of nitrogens with zero attached hydrogens (tertiary/aromatic N) is 3. The third-order valence-electron chi connectivity index (χ3n) is 3.87. The van der Waals surface area contributed by atoms with E-state index in [2.05, 4.69) is 20.3 Å². The van der Waals surface area contributed by atoms with Crippen LogP contribution in [0.25, 0.3) is 0 Å². The zero-order valence-corrected chi connectivity index (χ0v) is 17.3. The molecular weight excluding hydrogens is 418 g/mol. The predicted molar refractivity (Wildman–Crippen MR) is 106 cm³/mol. The van der Waals surface area contributed by atoms with Crippen molar-refractivity contribution in [1.82, 2.24) is 15.3 Å². The molecule has 168 valence electrons. The molecular formula is C20H23F4N5O2. The van der Waals surface area contributed by atoms with Gasteiger partial charge in [0, 0.05) is 24.0 Å². The lowest BCUT2D eigenvalue weighted by Gasteiger charge is -2.11. The van der Waals surface area contributed by atoms with Crippen LogP contribution in [0, 0.1) is 18.7 Å². The fraction of sp³-hybridized carbons (Fsp3) is 0.400. The van der Waals surface area contributed by atoms with Gasteiger partial charge in [0.15, 0.2) is 5.82 Å². The summed E-state index contributed by atoms with van der Waals surface area (Å²) in [5.41, 5.74) is 5.96. The lowest BCUT2D eigenvalue weighted by atomic mass is 10.1. The van der Waals surface area contributed by atoms with Gasteiger partial charge in [-0.1, -0.05) is 13.8 Å². The molecule has 0 atom stereocenters. The number of aliphatic imine (C=N–C) groups is 1. The largest absolute Gasteiger partial charge is 0.474 e. The molecule has 0 aromatic carbocycles. The van der Waals surface area contributed by atoms with E-state index in [1.165, 1.54) is 6.07 Å². The Labute approximate surface area is 176 Å². The van der Waals surface area contributed by atoms with Crippen molar-refractivity contribution in [2.45, 2.75) is 26.9 Å². The van der Waals surface area contributed by atoms with E-state index in [4.69, 9.17) is 10.5 Å². The fourth-order valence-corrected chi connectivity index (χ4v) is 2.39. The van der Waals surface area contributed by atoms with Gasteiger partial charge in [-0.2, -0.15) is 13.2 Å². The van der Waals surface area contributed by atoms with Crippen molar-refractivity contribution < 1.29 is 27.1 Å². The van der Waals surface area contributed by atoms with E-state index in [1.807, 2.05) is 13.8 Å². The van der Waals surface area contributed by atoms with Gasteiger partial charge in [-0.3, -0.25) is 9.79 Å². The maximum absolute atomic E-state index is 13.7. The standard InChI is InChI=1S/C20H23F4N5O2/c1-11(2)9-27-17(25)16-7-13(6-12(3)29-16)18(30)26-4-5-31-19-15(21)8-14(10-28-19)20(22,23)24/h6-8,10-11H,4-5,9H2,1-3H3,(H2,25,27)(H,26,30). The molecule has 0 fully saturated rings. The first-order valence-electron chi connectivity index (χ1n) is 9.40. The van der Waals surface area contributed by atoms with E-state index < -0.39 is 29.3 Å². The summed E-state index contributed by atoms with van der Waals surface area (Å²) in [7, 11) is 0. The molecule has 2 rings (SSSR count). The van der Waals surface area contributed by atoms with Crippen molar-refractivity contribution in [2.75, 3.05) is 19.7 Å². The molecule has 0 saturated heterocycles. The number of pyridine rings is 2. The molecule has 3 N–H and O–H groups in total. The minimum absolute atomic E-state index is 0.0331. The molecule has 0 unspecified atom stereocenters. The van der Waals surface area contributed by atoms with E-state index in [0.29, 0.717) is 41.7 Å². The quantitative estimate of drug-likeness (QED) is 0.284. The summed E-state index contributed by atoms with van der Waals surface area (Å²) >= 11 is 0. The second kappa shape index (κ2) is 10.2. The maximum Gasteiger partial charge on any atom is 0.417 e. The van der Waals surface area contributed by atoms with E-state index in [1.54, 1.807) is 13.0 Å². The van der Waals surface area contributed by atoms with Gasteiger partial charge in [0.1, 0.15) is 18.1 Å². The first-order chi connectivity index (χ1) is 14.5. The molecule has 0 radical (unpaired) electrons. The second-order valence-electron chi connectivity index (χ2n) is 7.12. The van der Waals surface area contributed by atoms with E-state index in [9.17, 15) is 22.4 Å². The van der Waals surface area contributed by atoms with Crippen LogP contribution in [0.15, 0.2) is 29.4 Å². The Bertz CT molecular complexity index is 961. The summed E-state index contributed by atoms with van der Waals surface area (Å²) in [5.74, 6) is -1.74. The SMILES string of the molecule is Cc1cc(C(=O)NCCOc2ncc(C(F)(F)F)cc2F)cc(C(N)=NCC(C)C)n1. The number of rotatable bonds is 8. The van der Waals surface area contributed by atoms with Gasteiger partial charge >= 0.3 is 6.18 Å². The molecule has 2 aromatic rings. The third-order valence-corrected chi connectivity index (χ3v) is 3.87. The number of amides is 1. The maximum atomic E-state index is 13.7. The Kier molecular flexibility index (Phi) is 7.89. The number of ether oxygens (including phenoxy) is 1. The lowest BCUT2D eigenvalue weighted by Crippen LogP contribution is -2.29. The monoisotopic (exact) mass is 441 g/mol. The minimum atomic E-state index is -4.70. The number of alkyl halides is 3. The lowest BCUT2D eigenvalue weighted by molar-refractivity contribution is -0.138. The highest BCUT2D eigenvalue weighted by Gasteiger charge is 2.32. The minimum Gasteiger partial charge on any atom is -0.474 e. The number of aryl methyl sites for hydroxylation is 1. The number of nitrogens with two attached hydrogens (primary N) is 1. The fourth-order valence-electron chi connectivity index (χ4n) is 2.39. The molecule has 0 spiro atoms. The van der Waals surface area contributed by atoms with Crippen LogP contribution in [0.2, 0.25) is 0 Å². The number of halogens is 4. The molecule has 1 amide bonds. The van der Waals surface area contributed by atoms with E-state index in [0.717, 1.165) is 0 Å². The number of hydrogen-bond acceptors (Lipinski definition) is 5. The predicted octanol–water partition coefficient (Wildman–Crippen LogP) is 3.11. The molecule has 2 heterocycles. The molecule has 0 saturated carbocycles. The van der Waals surface area contributed by atoms with Crippen LogP contribution in [0.1, 0.15) is 41.2 Å². The molecule has 2 aromatic heterocycles. The highest BCUT2D eigenvalue weighted by Crippen LogP contribution is 2.30. The topological polar surface area (TPSA) is 102 Å². The van der Waals surface area contributed by atoms with Gasteiger partial charge in [0.05, 0.1) is 12.1 Å². The number of nitrogens with one attached hydrogen (secondary N) is 1. The Balaban J connectivity index is 1.95. The molecule has 0 aliphatic heterocycles. The van der Waals surface area contributed by atoms with Crippen LogP contribution in [0.5, 0.6) is 5.88 Å². The van der Waals surface area contributed by atoms with Gasteiger partial charge in [0.2, 0.25) is 5.88 Å². The number of amidine groups is 1. The molecule has 0 aliphatic rings. The first kappa shape index (κ1) is 24.0. The van der Waals surface area contributed by atoms with Gasteiger partial charge < -0.3 is 15.8 Å². The normalized spacial score (nSPS) is 12.2. The Morgan fingerprint density at radius 1 is 1.29 bits per heavy atom. The Morgan fingerprint density at radius 2 is 2.00 bits per heavy atom. The van der Waals surface area contributed by atoms with Crippen LogP contribution in [-0.2, 0) is 6.18 Å². The van der Waals surface area contributed by atoms with Crippen LogP contribution in [0.3, 0.4) is 0 Å². The summed E-state index contributed by atoms with van der Waals surface area (Å²) in [6.07, 6.45) is -4.23. The van der Waals surface area contributed by atoms with Crippen molar-refractivity contribution >= 4 is 11.7 Å². The van der Waals surface area contributed by atoms with Crippen molar-refractivity contribution in [2.24, 2.45) is 16.6 Å². The van der Waals surface area contributed by atoms with Gasteiger partial charge in [-0.15, -0.1) is 0 Å². The zero-order valence-electron chi connectivity index (χ0n) is 17.3. The van der Waals surface area contributed by atoms with Crippen molar-refractivity contribution in [3.8, 4) is 5.88 Å². The van der Waals surface area contributed by atoms with Crippen molar-refractivity contribution in [3.63, 3.8) is 0 Å².